The van der Waals surface area contributed by atoms with Crippen LogP contribution < -0.4 is 10.2 Å². The Morgan fingerprint density at radius 3 is 2.66 bits per heavy atom. The van der Waals surface area contributed by atoms with Crippen LogP contribution in [0.1, 0.15) is 62.3 Å². The van der Waals surface area contributed by atoms with Gasteiger partial charge in [0.05, 0.1) is 5.39 Å². The number of nitrogens with zero attached hydrogens (tertiary/aromatic N) is 5. The number of aromatic hydroxyl groups is 1. The number of pyridine rings is 1. The van der Waals surface area contributed by atoms with Crippen molar-refractivity contribution in [1.29, 1.82) is 0 Å². The number of phenolic OH excluding ortho intramolecular Hbond substituents is 1. The largest absolute Gasteiger partial charge is 0.508 e. The molecule has 0 amide bonds. The highest BCUT2D eigenvalue weighted by molar-refractivity contribution is 6.32. The van der Waals surface area contributed by atoms with E-state index in [1.54, 1.807) is 0 Å². The van der Waals surface area contributed by atoms with Crippen LogP contribution in [0.25, 0.3) is 22.3 Å². The van der Waals surface area contributed by atoms with Crippen LogP contribution in [0.5, 0.6) is 5.75 Å². The van der Waals surface area contributed by atoms with Crippen molar-refractivity contribution >= 4 is 28.5 Å². The molecule has 2 N–H and O–H groups in total. The lowest BCUT2D eigenvalue weighted by Crippen LogP contribution is -2.51. The molecule has 5 fully saturated rings. The molecule has 8 rings (SSSR count). The SMILES string of the molecule is Oc1cc(Cl)c(C2CC2)c(-c2nc3nc(COC45CCCN4CC(F)C5)nc(N4CC5CCC(C4)N5)c3cc2F)c1. The predicted molar refractivity (Wildman–Crippen MR) is 151 cm³/mol. The lowest BCUT2D eigenvalue weighted by Gasteiger charge is -2.34. The van der Waals surface area contributed by atoms with E-state index in [1.165, 1.54) is 18.2 Å². The fourth-order valence-electron chi connectivity index (χ4n) is 7.58. The van der Waals surface area contributed by atoms with E-state index < -0.39 is 17.7 Å². The highest BCUT2D eigenvalue weighted by Gasteiger charge is 2.50. The molecule has 2 aromatic heterocycles. The summed E-state index contributed by atoms with van der Waals surface area (Å²) in [6.45, 7) is 2.87. The lowest BCUT2D eigenvalue weighted by atomic mass is 9.99. The smallest absolute Gasteiger partial charge is 0.165 e. The quantitative estimate of drug-likeness (QED) is 0.417. The number of piperazine rings is 1. The van der Waals surface area contributed by atoms with Gasteiger partial charge in [0.2, 0.25) is 0 Å². The number of alkyl halides is 1. The van der Waals surface area contributed by atoms with E-state index in [2.05, 4.69) is 15.1 Å². The number of phenols is 1. The minimum absolute atomic E-state index is 0.0347. The van der Waals surface area contributed by atoms with Crippen LogP contribution in [0.4, 0.5) is 14.6 Å². The molecule has 11 heteroatoms. The van der Waals surface area contributed by atoms with Crippen LogP contribution >= 0.6 is 11.6 Å². The average Bonchev–Trinajstić information content (AvgIpc) is 3.51. The molecule has 216 valence electrons. The van der Waals surface area contributed by atoms with Gasteiger partial charge >= 0.3 is 0 Å². The third-order valence-electron chi connectivity index (χ3n) is 9.54. The highest BCUT2D eigenvalue weighted by Crippen LogP contribution is 2.49. The van der Waals surface area contributed by atoms with Gasteiger partial charge in [-0.2, -0.15) is 0 Å². The number of fused-ring (bicyclic) bond motifs is 4. The van der Waals surface area contributed by atoms with Gasteiger partial charge in [0.15, 0.2) is 11.5 Å². The van der Waals surface area contributed by atoms with E-state index >= 15 is 4.39 Å². The molecule has 8 nitrogen and oxygen atoms in total. The molecule has 1 saturated carbocycles. The number of nitrogens with one attached hydrogen (secondary N) is 1. The summed E-state index contributed by atoms with van der Waals surface area (Å²) in [6, 6.07) is 5.23. The van der Waals surface area contributed by atoms with Crippen molar-refractivity contribution in [1.82, 2.24) is 25.2 Å². The Hall–Kier alpha value is -2.66. The molecule has 0 spiro atoms. The lowest BCUT2D eigenvalue weighted by molar-refractivity contribution is -0.125. The summed E-state index contributed by atoms with van der Waals surface area (Å²) in [4.78, 5) is 18.8. The molecular formula is C30H33ClF2N6O2. The second-order valence-electron chi connectivity index (χ2n) is 12.4. The van der Waals surface area contributed by atoms with Gasteiger partial charge < -0.3 is 20.1 Å². The standard InChI is InChI=1S/C30H33ClF2N6O2/c31-23-9-20(40)8-21(26(23)16-2-3-16)27-24(33)10-22-28(37-27)35-25(15-41-30-6-1-7-39(30)12-17(32)11-30)36-29(22)38-13-18-4-5-19(14-38)34-18/h8-10,16-19,34,40H,1-7,11-15H2. The zero-order valence-corrected chi connectivity index (χ0v) is 23.5. The van der Waals surface area contributed by atoms with Crippen molar-refractivity contribution in [2.45, 2.75) is 81.5 Å². The molecule has 4 aliphatic heterocycles. The van der Waals surface area contributed by atoms with Gasteiger partial charge in [-0.25, -0.2) is 23.7 Å². The maximum absolute atomic E-state index is 15.9. The molecule has 4 saturated heterocycles. The van der Waals surface area contributed by atoms with E-state index in [1.807, 2.05) is 0 Å². The summed E-state index contributed by atoms with van der Waals surface area (Å²) in [7, 11) is 0. The normalized spacial score (nSPS) is 29.5. The molecule has 6 heterocycles. The number of anilines is 1. The maximum atomic E-state index is 15.9. The highest BCUT2D eigenvalue weighted by atomic mass is 35.5. The topological polar surface area (TPSA) is 86.6 Å². The minimum atomic E-state index is -0.901. The predicted octanol–water partition coefficient (Wildman–Crippen LogP) is 5.06. The third kappa shape index (κ3) is 4.54. The van der Waals surface area contributed by atoms with Crippen LogP contribution in [0.15, 0.2) is 18.2 Å². The van der Waals surface area contributed by atoms with Crippen LogP contribution in [-0.4, -0.2) is 75.1 Å². The monoisotopic (exact) mass is 582 g/mol. The summed E-state index contributed by atoms with van der Waals surface area (Å²) in [6.07, 6.45) is 5.33. The second kappa shape index (κ2) is 9.69. The van der Waals surface area contributed by atoms with Gasteiger partial charge in [-0.1, -0.05) is 11.6 Å². The van der Waals surface area contributed by atoms with Gasteiger partial charge in [0.1, 0.15) is 41.6 Å². The number of rotatable bonds is 6. The summed E-state index contributed by atoms with van der Waals surface area (Å²) in [5.74, 6) is 0.775. The number of benzene rings is 1. The molecule has 4 unspecified atom stereocenters. The van der Waals surface area contributed by atoms with Crippen molar-refractivity contribution in [2.24, 2.45) is 0 Å². The van der Waals surface area contributed by atoms with Crippen LogP contribution in [-0.2, 0) is 11.3 Å². The second-order valence-corrected chi connectivity index (χ2v) is 12.9. The van der Waals surface area contributed by atoms with Crippen molar-refractivity contribution in [3.63, 3.8) is 0 Å². The summed E-state index contributed by atoms with van der Waals surface area (Å²) in [5.41, 5.74) is 1.17. The first-order valence-electron chi connectivity index (χ1n) is 14.8. The zero-order valence-electron chi connectivity index (χ0n) is 22.8. The Morgan fingerprint density at radius 1 is 1.07 bits per heavy atom. The van der Waals surface area contributed by atoms with Crippen molar-refractivity contribution in [3.8, 4) is 17.0 Å². The van der Waals surface area contributed by atoms with Crippen molar-refractivity contribution < 1.29 is 18.6 Å². The molecule has 2 bridgehead atoms. The van der Waals surface area contributed by atoms with Gasteiger partial charge in [-0.3, -0.25) is 4.90 Å². The Labute approximate surface area is 242 Å². The van der Waals surface area contributed by atoms with Gasteiger partial charge in [-0.15, -0.1) is 0 Å². The van der Waals surface area contributed by atoms with E-state index in [9.17, 15) is 9.50 Å². The van der Waals surface area contributed by atoms with Crippen LogP contribution in [0, 0.1) is 5.82 Å². The zero-order chi connectivity index (χ0) is 27.9. The molecule has 5 aliphatic rings. The third-order valence-corrected chi connectivity index (χ3v) is 9.85. The first-order valence-corrected chi connectivity index (χ1v) is 15.2. The van der Waals surface area contributed by atoms with Crippen LogP contribution in [0.3, 0.4) is 0 Å². The van der Waals surface area contributed by atoms with Crippen molar-refractivity contribution in [3.05, 3.63) is 40.4 Å². The van der Waals surface area contributed by atoms with E-state index in [4.69, 9.17) is 31.3 Å². The van der Waals surface area contributed by atoms with E-state index in [-0.39, 0.29) is 24.0 Å². The molecule has 3 aromatic rings. The molecule has 1 aliphatic carbocycles. The fourth-order valence-corrected chi connectivity index (χ4v) is 7.95. The molecule has 41 heavy (non-hydrogen) atoms. The summed E-state index contributed by atoms with van der Waals surface area (Å²) in [5, 5.41) is 14.9. The van der Waals surface area contributed by atoms with Gasteiger partial charge in [0, 0.05) is 55.3 Å². The van der Waals surface area contributed by atoms with Crippen LogP contribution in [0.2, 0.25) is 5.02 Å². The number of halogens is 3. The Kier molecular flexibility index (Phi) is 6.15. The molecule has 1 aromatic carbocycles. The summed E-state index contributed by atoms with van der Waals surface area (Å²) >= 11 is 6.54. The maximum Gasteiger partial charge on any atom is 0.165 e. The number of aromatic nitrogens is 3. The molecule has 0 radical (unpaired) electrons. The van der Waals surface area contributed by atoms with Crippen molar-refractivity contribution in [2.75, 3.05) is 31.1 Å². The summed E-state index contributed by atoms with van der Waals surface area (Å²) < 4.78 is 36.7. The minimum Gasteiger partial charge on any atom is -0.508 e. The first kappa shape index (κ1) is 26.0. The molecule has 4 atom stereocenters. The van der Waals surface area contributed by atoms with E-state index in [0.717, 1.165) is 63.7 Å². The number of hydrogen-bond donors (Lipinski definition) is 2. The van der Waals surface area contributed by atoms with Gasteiger partial charge in [0.25, 0.3) is 0 Å². The van der Waals surface area contributed by atoms with Gasteiger partial charge in [-0.05, 0) is 68.2 Å². The number of ether oxygens (including phenoxy) is 1. The first-order chi connectivity index (χ1) is 19.8. The Morgan fingerprint density at radius 2 is 1.88 bits per heavy atom. The average molecular weight is 583 g/mol. The Bertz CT molecular complexity index is 1530. The molecular weight excluding hydrogens is 550 g/mol. The van der Waals surface area contributed by atoms with E-state index in [0.29, 0.717) is 58.3 Å². The Balaban J connectivity index is 1.23. The number of hydrogen-bond acceptors (Lipinski definition) is 8. The fraction of sp³-hybridized carbons (Fsp3) is 0.567.